The van der Waals surface area contributed by atoms with Gasteiger partial charge in [-0.3, -0.25) is 9.97 Å². The summed E-state index contributed by atoms with van der Waals surface area (Å²) < 4.78 is 0. The van der Waals surface area contributed by atoms with E-state index in [1.54, 1.807) is 12.4 Å². The summed E-state index contributed by atoms with van der Waals surface area (Å²) in [6.07, 6.45) is 3.58. The summed E-state index contributed by atoms with van der Waals surface area (Å²) in [5.41, 5.74) is 13.3. The van der Waals surface area contributed by atoms with Gasteiger partial charge in [-0.05, 0) is 93.7 Å². The van der Waals surface area contributed by atoms with E-state index >= 15 is 0 Å². The highest BCUT2D eigenvalue weighted by atomic mass is 15.3. The van der Waals surface area contributed by atoms with Crippen LogP contribution >= 0.6 is 0 Å². The molecule has 0 saturated heterocycles. The second kappa shape index (κ2) is 11.4. The van der Waals surface area contributed by atoms with Crippen molar-refractivity contribution < 1.29 is 0 Å². The van der Waals surface area contributed by atoms with Gasteiger partial charge >= 0.3 is 0 Å². The summed E-state index contributed by atoms with van der Waals surface area (Å²) >= 11 is 0. The average Bonchev–Trinajstić information content (AvgIpc) is 3.20. The van der Waals surface area contributed by atoms with Gasteiger partial charge in [0.05, 0.1) is 33.8 Å². The molecule has 0 fully saturated rings. The number of para-hydroxylation sites is 5. The van der Waals surface area contributed by atoms with Crippen LogP contribution in [0.3, 0.4) is 0 Å². The largest absolute Gasteiger partial charge is 0.306 e. The lowest BCUT2D eigenvalue weighted by atomic mass is 9.93. The zero-order valence-electron chi connectivity index (χ0n) is 27.1. The van der Waals surface area contributed by atoms with Gasteiger partial charge in [0, 0.05) is 34.5 Å². The van der Waals surface area contributed by atoms with Crippen molar-refractivity contribution in [3.63, 3.8) is 0 Å². The number of anilines is 6. The van der Waals surface area contributed by atoms with E-state index in [-0.39, 0.29) is 0 Å². The number of fused-ring (bicyclic) bond motifs is 8. The molecule has 4 heteroatoms. The fourth-order valence-electron chi connectivity index (χ4n) is 7.57. The predicted molar refractivity (Wildman–Crippen MR) is 208 cm³/mol. The van der Waals surface area contributed by atoms with Crippen LogP contribution < -0.4 is 9.80 Å². The summed E-state index contributed by atoms with van der Waals surface area (Å²) in [7, 11) is 0. The van der Waals surface area contributed by atoms with E-state index in [1.807, 2.05) is 0 Å². The lowest BCUT2D eigenvalue weighted by Crippen LogP contribution is -2.23. The highest BCUT2D eigenvalue weighted by Crippen LogP contribution is 2.54. The highest BCUT2D eigenvalue weighted by molar-refractivity contribution is 6.24. The minimum Gasteiger partial charge on any atom is -0.306 e. The van der Waals surface area contributed by atoms with Crippen molar-refractivity contribution in [1.29, 1.82) is 0 Å². The predicted octanol–water partition coefficient (Wildman–Crippen LogP) is 12.5. The molecule has 9 aromatic rings. The summed E-state index contributed by atoms with van der Waals surface area (Å²) in [6, 6.07) is 60.8. The smallest absolute Gasteiger partial charge is 0.0971 e. The normalized spacial score (nSPS) is 12.3. The molecule has 0 amide bonds. The van der Waals surface area contributed by atoms with Crippen LogP contribution in [0.5, 0.6) is 0 Å². The third-order valence-electron chi connectivity index (χ3n) is 9.82. The van der Waals surface area contributed by atoms with Crippen molar-refractivity contribution in [2.45, 2.75) is 0 Å². The SMILES string of the molecule is c1ccc(-c2cccc(-c3ccc4c(c3)c3cc(N5c6ccccc6N(c6ccccc6)c6ccccc65)ccc3c3nccnc43)c2)cc1. The Labute approximate surface area is 290 Å². The van der Waals surface area contributed by atoms with Gasteiger partial charge in [0.15, 0.2) is 0 Å². The monoisotopic (exact) mass is 638 g/mol. The molecule has 0 aliphatic carbocycles. The maximum atomic E-state index is 4.86. The first-order valence-electron chi connectivity index (χ1n) is 16.9. The molecule has 4 nitrogen and oxygen atoms in total. The van der Waals surface area contributed by atoms with E-state index in [0.717, 1.165) is 72.3 Å². The van der Waals surface area contributed by atoms with Crippen LogP contribution in [0.1, 0.15) is 0 Å². The van der Waals surface area contributed by atoms with Crippen LogP contribution in [0.15, 0.2) is 182 Å². The molecule has 2 heterocycles. The van der Waals surface area contributed by atoms with Gasteiger partial charge in [-0.2, -0.15) is 0 Å². The van der Waals surface area contributed by atoms with Crippen LogP contribution in [-0.2, 0) is 0 Å². The molecule has 10 rings (SSSR count). The van der Waals surface area contributed by atoms with Crippen LogP contribution in [0.25, 0.3) is 54.8 Å². The first kappa shape index (κ1) is 28.3. The molecule has 1 aliphatic heterocycles. The Morgan fingerprint density at radius 3 is 1.38 bits per heavy atom. The van der Waals surface area contributed by atoms with Gasteiger partial charge in [-0.1, -0.05) is 109 Å². The van der Waals surface area contributed by atoms with Gasteiger partial charge < -0.3 is 9.80 Å². The van der Waals surface area contributed by atoms with Crippen molar-refractivity contribution in [2.24, 2.45) is 0 Å². The Morgan fingerprint density at radius 1 is 0.300 bits per heavy atom. The summed E-state index contributed by atoms with van der Waals surface area (Å²) in [5.74, 6) is 0. The van der Waals surface area contributed by atoms with E-state index in [4.69, 9.17) is 9.97 Å². The molecule has 234 valence electrons. The first-order chi connectivity index (χ1) is 24.8. The number of aromatic nitrogens is 2. The standard InChI is InChI=1S/C46H30N4/c1-3-12-31(13-4-1)32-14-11-15-33(28-32)34-22-24-37-39(29-34)40-30-36(23-25-38(40)46-45(37)47-26-27-48-46)50-43-20-9-7-18-41(43)49(35-16-5-2-6-17-35)42-19-8-10-21-44(42)50/h1-30H. The highest BCUT2D eigenvalue weighted by Gasteiger charge is 2.30. The summed E-state index contributed by atoms with van der Waals surface area (Å²) in [6.45, 7) is 0. The topological polar surface area (TPSA) is 32.3 Å². The number of hydrogen-bond donors (Lipinski definition) is 0. The fourth-order valence-corrected chi connectivity index (χ4v) is 7.57. The Kier molecular flexibility index (Phi) is 6.46. The lowest BCUT2D eigenvalue weighted by Gasteiger charge is -2.40. The van der Waals surface area contributed by atoms with Gasteiger partial charge in [0.2, 0.25) is 0 Å². The molecule has 0 saturated carbocycles. The summed E-state index contributed by atoms with van der Waals surface area (Å²) in [5, 5.41) is 4.48. The van der Waals surface area contributed by atoms with Crippen molar-refractivity contribution >= 4 is 66.7 Å². The van der Waals surface area contributed by atoms with Crippen molar-refractivity contribution in [3.05, 3.63) is 182 Å². The molecule has 0 atom stereocenters. The second-order valence-electron chi connectivity index (χ2n) is 12.7. The molecule has 8 aromatic carbocycles. The minimum atomic E-state index is 0.912. The van der Waals surface area contributed by atoms with E-state index in [1.165, 1.54) is 16.7 Å². The Morgan fingerprint density at radius 2 is 0.760 bits per heavy atom. The molecule has 0 bridgehead atoms. The first-order valence-corrected chi connectivity index (χ1v) is 16.9. The Bertz CT molecular complexity index is 2670. The molecular formula is C46H30N4. The Balaban J connectivity index is 1.20. The minimum absolute atomic E-state index is 0.912. The van der Waals surface area contributed by atoms with Crippen LogP contribution in [0, 0.1) is 0 Å². The van der Waals surface area contributed by atoms with E-state index in [0.29, 0.717) is 0 Å². The lowest BCUT2D eigenvalue weighted by molar-refractivity contribution is 1.17. The van der Waals surface area contributed by atoms with Gasteiger partial charge in [0.25, 0.3) is 0 Å². The quantitative estimate of drug-likeness (QED) is 0.180. The van der Waals surface area contributed by atoms with Crippen LogP contribution in [0.2, 0.25) is 0 Å². The second-order valence-corrected chi connectivity index (χ2v) is 12.7. The number of benzene rings is 8. The van der Waals surface area contributed by atoms with Crippen molar-refractivity contribution in [1.82, 2.24) is 9.97 Å². The van der Waals surface area contributed by atoms with Crippen LogP contribution in [0.4, 0.5) is 34.1 Å². The molecule has 1 aromatic heterocycles. The molecular weight excluding hydrogens is 609 g/mol. The molecule has 50 heavy (non-hydrogen) atoms. The molecule has 0 N–H and O–H groups in total. The number of rotatable bonds is 4. The summed E-state index contributed by atoms with van der Waals surface area (Å²) in [4.78, 5) is 14.5. The molecule has 1 aliphatic rings. The number of nitrogens with zero attached hydrogens (tertiary/aromatic N) is 4. The maximum Gasteiger partial charge on any atom is 0.0971 e. The van der Waals surface area contributed by atoms with Crippen molar-refractivity contribution in [2.75, 3.05) is 9.80 Å². The molecule has 0 spiro atoms. The van der Waals surface area contributed by atoms with E-state index < -0.39 is 0 Å². The third-order valence-corrected chi connectivity index (χ3v) is 9.82. The molecule has 0 unspecified atom stereocenters. The zero-order valence-corrected chi connectivity index (χ0v) is 27.1. The van der Waals surface area contributed by atoms with Gasteiger partial charge in [0.1, 0.15) is 0 Å². The average molecular weight is 639 g/mol. The van der Waals surface area contributed by atoms with Crippen molar-refractivity contribution in [3.8, 4) is 22.3 Å². The zero-order chi connectivity index (χ0) is 33.0. The molecule has 0 radical (unpaired) electrons. The van der Waals surface area contributed by atoms with E-state index in [2.05, 4.69) is 180 Å². The number of hydrogen-bond acceptors (Lipinski definition) is 4. The third kappa shape index (κ3) is 4.46. The maximum absolute atomic E-state index is 4.86. The fraction of sp³-hybridized carbons (Fsp3) is 0. The van der Waals surface area contributed by atoms with E-state index in [9.17, 15) is 0 Å². The van der Waals surface area contributed by atoms with Crippen LogP contribution in [-0.4, -0.2) is 9.97 Å². The van der Waals surface area contributed by atoms with Gasteiger partial charge in [-0.25, -0.2) is 0 Å². The Hall–Kier alpha value is -6.78. The van der Waals surface area contributed by atoms with Gasteiger partial charge in [-0.15, -0.1) is 0 Å².